The number of halogens is 1. The first-order valence-corrected chi connectivity index (χ1v) is 8.93. The van der Waals surface area contributed by atoms with Crippen LogP contribution < -0.4 is 5.32 Å². The highest BCUT2D eigenvalue weighted by atomic mass is 19.1. The van der Waals surface area contributed by atoms with Crippen LogP contribution in [-0.2, 0) is 11.3 Å². The van der Waals surface area contributed by atoms with Crippen LogP contribution in [-0.4, -0.2) is 42.2 Å². The maximum atomic E-state index is 13.6. The zero-order chi connectivity index (χ0) is 17.0. The minimum Gasteiger partial charge on any atom is -0.396 e. The number of likely N-dealkylation sites (tertiary alicyclic amines) is 1. The van der Waals surface area contributed by atoms with Crippen LogP contribution in [0, 0.1) is 17.2 Å². The molecule has 4 nitrogen and oxygen atoms in total. The molecule has 1 aromatic rings. The third-order valence-corrected chi connectivity index (χ3v) is 5.30. The number of rotatable bonds is 7. The van der Waals surface area contributed by atoms with Crippen molar-refractivity contribution in [2.45, 2.75) is 38.6 Å². The van der Waals surface area contributed by atoms with E-state index in [0.29, 0.717) is 12.1 Å². The number of hydrogen-bond acceptors (Lipinski definition) is 3. The second-order valence-electron chi connectivity index (χ2n) is 7.49. The Balaban J connectivity index is 1.49. The van der Waals surface area contributed by atoms with E-state index < -0.39 is 0 Å². The first kappa shape index (κ1) is 17.4. The van der Waals surface area contributed by atoms with Crippen molar-refractivity contribution in [3.8, 4) is 0 Å². The molecule has 3 rings (SSSR count). The summed E-state index contributed by atoms with van der Waals surface area (Å²) in [5.74, 6) is 0.393. The van der Waals surface area contributed by atoms with Gasteiger partial charge in [-0.05, 0) is 37.8 Å². The molecule has 1 heterocycles. The normalized spacial score (nSPS) is 24.8. The van der Waals surface area contributed by atoms with E-state index in [1.807, 2.05) is 0 Å². The monoisotopic (exact) mass is 334 g/mol. The van der Waals surface area contributed by atoms with Crippen molar-refractivity contribution in [3.63, 3.8) is 0 Å². The van der Waals surface area contributed by atoms with Gasteiger partial charge in [-0.25, -0.2) is 4.39 Å². The number of aliphatic hydroxyl groups excluding tert-OH is 1. The maximum Gasteiger partial charge on any atom is 0.234 e. The van der Waals surface area contributed by atoms with Gasteiger partial charge >= 0.3 is 0 Å². The van der Waals surface area contributed by atoms with Crippen molar-refractivity contribution in [2.24, 2.45) is 11.3 Å². The Labute approximate surface area is 143 Å². The van der Waals surface area contributed by atoms with E-state index in [2.05, 4.69) is 10.2 Å². The van der Waals surface area contributed by atoms with Crippen molar-refractivity contribution in [2.75, 3.05) is 26.2 Å². The smallest absolute Gasteiger partial charge is 0.234 e. The molecule has 1 atom stereocenters. The first-order chi connectivity index (χ1) is 11.6. The highest BCUT2D eigenvalue weighted by molar-refractivity contribution is 5.78. The fraction of sp³-hybridized carbons (Fsp3) is 0.632. The summed E-state index contributed by atoms with van der Waals surface area (Å²) in [6.07, 6.45) is 5.72. The Bertz CT molecular complexity index is 576. The lowest BCUT2D eigenvalue weighted by molar-refractivity contribution is -0.123. The Morgan fingerprint density at radius 1 is 1.38 bits per heavy atom. The molecule has 2 N–H and O–H groups in total. The molecule has 0 bridgehead atoms. The topological polar surface area (TPSA) is 52.6 Å². The van der Waals surface area contributed by atoms with Crippen LogP contribution in [0.1, 0.15) is 37.7 Å². The molecule has 1 saturated carbocycles. The van der Waals surface area contributed by atoms with Gasteiger partial charge in [0.25, 0.3) is 0 Å². The number of benzene rings is 1. The average Bonchev–Trinajstić information content (AvgIpc) is 3.38. The standard InChI is InChI=1S/C19H27FN2O2/c20-17-5-2-1-4-16(17)11-21-18(24)12-22-9-3-8-19(13-22,14-23)10-15-6-7-15/h1-2,4-5,15,23H,3,6-14H2,(H,21,24)/t19-/m1/s1. The molecular weight excluding hydrogens is 307 g/mol. The van der Waals surface area contributed by atoms with E-state index in [9.17, 15) is 14.3 Å². The SMILES string of the molecule is O=C(CN1CCC[C@@](CO)(CC2CC2)C1)NCc1ccccc1F. The Hall–Kier alpha value is -1.46. The quantitative estimate of drug-likeness (QED) is 0.805. The summed E-state index contributed by atoms with van der Waals surface area (Å²) in [5.41, 5.74) is 0.466. The summed E-state index contributed by atoms with van der Waals surface area (Å²) in [4.78, 5) is 14.3. The van der Waals surface area contributed by atoms with Gasteiger partial charge in [0.15, 0.2) is 0 Å². The molecule has 1 saturated heterocycles. The third kappa shape index (κ3) is 4.54. The predicted molar refractivity (Wildman–Crippen MR) is 90.8 cm³/mol. The van der Waals surface area contributed by atoms with Crippen LogP contribution in [0.15, 0.2) is 24.3 Å². The molecule has 0 spiro atoms. The molecule has 1 aromatic carbocycles. The van der Waals surface area contributed by atoms with Gasteiger partial charge < -0.3 is 10.4 Å². The van der Waals surface area contributed by atoms with Crippen LogP contribution in [0.25, 0.3) is 0 Å². The summed E-state index contributed by atoms with van der Waals surface area (Å²) < 4.78 is 13.6. The van der Waals surface area contributed by atoms with Gasteiger partial charge in [-0.15, -0.1) is 0 Å². The zero-order valence-electron chi connectivity index (χ0n) is 14.1. The van der Waals surface area contributed by atoms with Crippen LogP contribution in [0.5, 0.6) is 0 Å². The minimum atomic E-state index is -0.292. The summed E-state index contributed by atoms with van der Waals surface area (Å²) in [5, 5.41) is 12.7. The van der Waals surface area contributed by atoms with Gasteiger partial charge in [-0.1, -0.05) is 31.0 Å². The van der Waals surface area contributed by atoms with Crippen molar-refractivity contribution in [1.82, 2.24) is 10.2 Å². The Morgan fingerprint density at radius 2 is 2.17 bits per heavy atom. The van der Waals surface area contributed by atoms with E-state index >= 15 is 0 Å². The van der Waals surface area contributed by atoms with Crippen molar-refractivity contribution < 1.29 is 14.3 Å². The van der Waals surface area contributed by atoms with E-state index in [0.717, 1.165) is 38.3 Å². The lowest BCUT2D eigenvalue weighted by Gasteiger charge is -2.42. The van der Waals surface area contributed by atoms with Gasteiger partial charge in [0.1, 0.15) is 5.82 Å². The summed E-state index contributed by atoms with van der Waals surface area (Å²) in [7, 11) is 0. The fourth-order valence-corrected chi connectivity index (χ4v) is 3.83. The van der Waals surface area contributed by atoms with E-state index in [1.165, 1.54) is 18.9 Å². The number of amides is 1. The van der Waals surface area contributed by atoms with E-state index in [4.69, 9.17) is 0 Å². The van der Waals surface area contributed by atoms with Gasteiger partial charge in [-0.3, -0.25) is 9.69 Å². The van der Waals surface area contributed by atoms with Crippen LogP contribution in [0.4, 0.5) is 4.39 Å². The lowest BCUT2D eigenvalue weighted by atomic mass is 9.76. The van der Waals surface area contributed by atoms with Crippen LogP contribution in [0.3, 0.4) is 0 Å². The minimum absolute atomic E-state index is 0.0365. The van der Waals surface area contributed by atoms with Gasteiger partial charge in [0.05, 0.1) is 6.54 Å². The summed E-state index contributed by atoms with van der Waals surface area (Å²) in [6, 6.07) is 6.49. The van der Waals surface area contributed by atoms with Gasteiger partial charge in [-0.2, -0.15) is 0 Å². The maximum absolute atomic E-state index is 13.6. The molecule has 24 heavy (non-hydrogen) atoms. The number of carbonyl (C=O) groups excluding carboxylic acids is 1. The molecule has 0 radical (unpaired) electrons. The average molecular weight is 334 g/mol. The molecule has 0 aromatic heterocycles. The van der Waals surface area contributed by atoms with Crippen LogP contribution in [0.2, 0.25) is 0 Å². The molecule has 2 aliphatic rings. The molecule has 1 aliphatic carbocycles. The number of piperidine rings is 1. The predicted octanol–water partition coefficient (Wildman–Crippen LogP) is 2.32. The van der Waals surface area contributed by atoms with Gasteiger partial charge in [0, 0.05) is 30.7 Å². The van der Waals surface area contributed by atoms with Crippen molar-refractivity contribution in [1.29, 1.82) is 0 Å². The number of nitrogens with one attached hydrogen (secondary N) is 1. The molecule has 5 heteroatoms. The fourth-order valence-electron chi connectivity index (χ4n) is 3.83. The first-order valence-electron chi connectivity index (χ1n) is 8.93. The van der Waals surface area contributed by atoms with Crippen molar-refractivity contribution in [3.05, 3.63) is 35.6 Å². The second-order valence-corrected chi connectivity index (χ2v) is 7.49. The molecule has 0 unspecified atom stereocenters. The number of hydrogen-bond donors (Lipinski definition) is 2. The van der Waals surface area contributed by atoms with Gasteiger partial charge in [0.2, 0.25) is 5.91 Å². The molecule has 1 amide bonds. The Kier molecular flexibility index (Phi) is 5.51. The number of nitrogens with zero attached hydrogens (tertiary/aromatic N) is 1. The Morgan fingerprint density at radius 3 is 2.88 bits per heavy atom. The highest BCUT2D eigenvalue weighted by Gasteiger charge is 2.40. The third-order valence-electron chi connectivity index (χ3n) is 5.30. The largest absolute Gasteiger partial charge is 0.396 e. The molecular formula is C19H27FN2O2. The van der Waals surface area contributed by atoms with Crippen molar-refractivity contribution >= 4 is 5.91 Å². The van der Waals surface area contributed by atoms with Crippen LogP contribution >= 0.6 is 0 Å². The summed E-state index contributed by atoms with van der Waals surface area (Å²) >= 11 is 0. The number of carbonyl (C=O) groups is 1. The highest BCUT2D eigenvalue weighted by Crippen LogP contribution is 2.44. The van der Waals surface area contributed by atoms with E-state index in [-0.39, 0.29) is 30.3 Å². The molecule has 1 aliphatic heterocycles. The molecule has 132 valence electrons. The lowest BCUT2D eigenvalue weighted by Crippen LogP contribution is -2.48. The number of aliphatic hydroxyl groups is 1. The molecule has 2 fully saturated rings. The zero-order valence-corrected chi connectivity index (χ0v) is 14.1. The second kappa shape index (κ2) is 7.62. The summed E-state index contributed by atoms with van der Waals surface area (Å²) in [6.45, 7) is 2.41. The van der Waals surface area contributed by atoms with E-state index in [1.54, 1.807) is 18.2 Å².